The summed E-state index contributed by atoms with van der Waals surface area (Å²) >= 11 is 0. The maximum Gasteiger partial charge on any atom is 0.128 e. The van der Waals surface area contributed by atoms with Gasteiger partial charge in [0.15, 0.2) is 0 Å². The molecule has 0 aliphatic heterocycles. The van der Waals surface area contributed by atoms with Crippen molar-refractivity contribution in [2.24, 2.45) is 5.73 Å². The lowest BCUT2D eigenvalue weighted by atomic mass is 10.1. The van der Waals surface area contributed by atoms with Crippen LogP contribution in [0.3, 0.4) is 0 Å². The molecule has 60 valence electrons. The van der Waals surface area contributed by atoms with Gasteiger partial charge in [0, 0.05) is 11.6 Å². The van der Waals surface area contributed by atoms with E-state index >= 15 is 0 Å². The smallest absolute Gasteiger partial charge is 0.128 e. The van der Waals surface area contributed by atoms with Gasteiger partial charge in [0.2, 0.25) is 0 Å². The van der Waals surface area contributed by atoms with Crippen LogP contribution in [0.1, 0.15) is 24.1 Å². The van der Waals surface area contributed by atoms with Gasteiger partial charge in [0.1, 0.15) is 5.82 Å². The van der Waals surface area contributed by atoms with Gasteiger partial charge in [-0.3, -0.25) is 0 Å². The van der Waals surface area contributed by atoms with Gasteiger partial charge in [-0.2, -0.15) is 0 Å². The molecule has 0 aromatic heterocycles. The van der Waals surface area contributed by atoms with E-state index < -0.39 is 0 Å². The molecule has 0 fully saturated rings. The molecule has 1 aromatic carbocycles. The Morgan fingerprint density at radius 1 is 1.45 bits per heavy atom. The second-order valence-electron chi connectivity index (χ2n) is 2.81. The number of hydrogen-bond donors (Lipinski definition) is 1. The SMILES string of the molecule is Cc1ccc([C@@H](C)N)c(F)c1. The van der Waals surface area contributed by atoms with Crippen LogP contribution < -0.4 is 5.73 Å². The van der Waals surface area contributed by atoms with E-state index in [1.807, 2.05) is 13.0 Å². The highest BCUT2D eigenvalue weighted by molar-refractivity contribution is 5.25. The summed E-state index contributed by atoms with van der Waals surface area (Å²) in [6.45, 7) is 3.63. The summed E-state index contributed by atoms with van der Waals surface area (Å²) in [5.74, 6) is -0.208. The van der Waals surface area contributed by atoms with E-state index in [2.05, 4.69) is 0 Å². The van der Waals surface area contributed by atoms with Gasteiger partial charge in [0.05, 0.1) is 0 Å². The predicted molar refractivity (Wildman–Crippen MR) is 43.7 cm³/mol. The van der Waals surface area contributed by atoms with Gasteiger partial charge in [-0.15, -0.1) is 0 Å². The molecule has 0 aliphatic carbocycles. The molecular formula is C9H12FN. The Kier molecular flexibility index (Phi) is 2.25. The summed E-state index contributed by atoms with van der Waals surface area (Å²) in [5, 5.41) is 0. The molecular weight excluding hydrogens is 141 g/mol. The molecule has 1 aromatic rings. The third-order valence-corrected chi connectivity index (χ3v) is 1.65. The maximum absolute atomic E-state index is 13.0. The largest absolute Gasteiger partial charge is 0.324 e. The highest BCUT2D eigenvalue weighted by Crippen LogP contribution is 2.15. The minimum Gasteiger partial charge on any atom is -0.324 e. The zero-order valence-corrected chi connectivity index (χ0v) is 6.76. The predicted octanol–water partition coefficient (Wildman–Crippen LogP) is 2.15. The number of benzene rings is 1. The summed E-state index contributed by atoms with van der Waals surface area (Å²) < 4.78 is 13.0. The summed E-state index contributed by atoms with van der Waals surface area (Å²) in [7, 11) is 0. The van der Waals surface area contributed by atoms with Crippen LogP contribution >= 0.6 is 0 Å². The van der Waals surface area contributed by atoms with E-state index in [1.165, 1.54) is 6.07 Å². The molecule has 0 aliphatic rings. The molecule has 0 unspecified atom stereocenters. The lowest BCUT2D eigenvalue weighted by Gasteiger charge is -2.06. The number of halogens is 1. The van der Waals surface area contributed by atoms with Crippen molar-refractivity contribution in [2.45, 2.75) is 19.9 Å². The molecule has 0 radical (unpaired) electrons. The van der Waals surface area contributed by atoms with Crippen molar-refractivity contribution < 1.29 is 4.39 Å². The average Bonchev–Trinajstić information content (AvgIpc) is 1.85. The normalized spacial score (nSPS) is 13.1. The van der Waals surface area contributed by atoms with E-state index in [0.29, 0.717) is 5.56 Å². The van der Waals surface area contributed by atoms with E-state index in [4.69, 9.17) is 5.73 Å². The Hall–Kier alpha value is -0.890. The summed E-state index contributed by atoms with van der Waals surface area (Å²) in [5.41, 5.74) is 7.03. The van der Waals surface area contributed by atoms with Crippen LogP contribution in [0.2, 0.25) is 0 Å². The second-order valence-corrected chi connectivity index (χ2v) is 2.81. The molecule has 0 saturated carbocycles. The van der Waals surface area contributed by atoms with Crippen molar-refractivity contribution in [1.29, 1.82) is 0 Å². The Balaban J connectivity index is 3.09. The number of rotatable bonds is 1. The molecule has 0 spiro atoms. The van der Waals surface area contributed by atoms with Gasteiger partial charge in [-0.1, -0.05) is 12.1 Å². The van der Waals surface area contributed by atoms with E-state index in [9.17, 15) is 4.39 Å². The molecule has 0 bridgehead atoms. The zero-order chi connectivity index (χ0) is 8.43. The molecule has 1 atom stereocenters. The van der Waals surface area contributed by atoms with Crippen LogP contribution in [0.25, 0.3) is 0 Å². The van der Waals surface area contributed by atoms with Gasteiger partial charge in [-0.25, -0.2) is 4.39 Å². The lowest BCUT2D eigenvalue weighted by Crippen LogP contribution is -2.07. The quantitative estimate of drug-likeness (QED) is 0.657. The van der Waals surface area contributed by atoms with E-state index in [0.717, 1.165) is 5.56 Å². The van der Waals surface area contributed by atoms with Gasteiger partial charge < -0.3 is 5.73 Å². The van der Waals surface area contributed by atoms with Crippen molar-refractivity contribution in [1.82, 2.24) is 0 Å². The number of nitrogens with two attached hydrogens (primary N) is 1. The van der Waals surface area contributed by atoms with Gasteiger partial charge >= 0.3 is 0 Å². The number of hydrogen-bond acceptors (Lipinski definition) is 1. The lowest BCUT2D eigenvalue weighted by molar-refractivity contribution is 0.592. The van der Waals surface area contributed by atoms with Crippen LogP contribution in [0.15, 0.2) is 18.2 Å². The van der Waals surface area contributed by atoms with Crippen LogP contribution in [0.5, 0.6) is 0 Å². The molecule has 11 heavy (non-hydrogen) atoms. The van der Waals surface area contributed by atoms with E-state index in [-0.39, 0.29) is 11.9 Å². The summed E-state index contributed by atoms with van der Waals surface area (Å²) in [4.78, 5) is 0. The molecule has 0 amide bonds. The third-order valence-electron chi connectivity index (χ3n) is 1.65. The van der Waals surface area contributed by atoms with Crippen LogP contribution in [-0.4, -0.2) is 0 Å². The first kappa shape index (κ1) is 8.21. The molecule has 2 N–H and O–H groups in total. The fourth-order valence-corrected chi connectivity index (χ4v) is 1.00. The molecule has 0 saturated heterocycles. The summed E-state index contributed by atoms with van der Waals surface area (Å²) in [6, 6.07) is 4.87. The van der Waals surface area contributed by atoms with Crippen molar-refractivity contribution in [3.8, 4) is 0 Å². The first-order valence-electron chi connectivity index (χ1n) is 3.63. The monoisotopic (exact) mass is 153 g/mol. The maximum atomic E-state index is 13.0. The van der Waals surface area contributed by atoms with Crippen LogP contribution in [0, 0.1) is 12.7 Å². The molecule has 1 rings (SSSR count). The molecule has 2 heteroatoms. The fourth-order valence-electron chi connectivity index (χ4n) is 1.00. The third kappa shape index (κ3) is 1.77. The van der Waals surface area contributed by atoms with Gasteiger partial charge in [0.25, 0.3) is 0 Å². The number of aryl methyl sites for hydroxylation is 1. The topological polar surface area (TPSA) is 26.0 Å². The van der Waals surface area contributed by atoms with Crippen LogP contribution in [0.4, 0.5) is 4.39 Å². The highest BCUT2D eigenvalue weighted by atomic mass is 19.1. The highest BCUT2D eigenvalue weighted by Gasteiger charge is 2.05. The second kappa shape index (κ2) is 3.01. The summed E-state index contributed by atoms with van der Waals surface area (Å²) in [6.07, 6.45) is 0. The zero-order valence-electron chi connectivity index (χ0n) is 6.76. The fraction of sp³-hybridized carbons (Fsp3) is 0.333. The van der Waals surface area contributed by atoms with Gasteiger partial charge in [-0.05, 0) is 25.5 Å². The van der Waals surface area contributed by atoms with Crippen molar-refractivity contribution in [3.63, 3.8) is 0 Å². The van der Waals surface area contributed by atoms with Crippen molar-refractivity contribution >= 4 is 0 Å². The molecule has 1 nitrogen and oxygen atoms in total. The van der Waals surface area contributed by atoms with E-state index in [1.54, 1.807) is 13.0 Å². The van der Waals surface area contributed by atoms with Crippen molar-refractivity contribution in [3.05, 3.63) is 35.1 Å². The Bertz CT molecular complexity index is 256. The van der Waals surface area contributed by atoms with Crippen molar-refractivity contribution in [2.75, 3.05) is 0 Å². The first-order chi connectivity index (χ1) is 5.11. The van der Waals surface area contributed by atoms with Crippen LogP contribution in [-0.2, 0) is 0 Å². The Morgan fingerprint density at radius 3 is 2.55 bits per heavy atom. The Labute approximate surface area is 66.0 Å². The molecule has 0 heterocycles. The Morgan fingerprint density at radius 2 is 2.09 bits per heavy atom. The minimum atomic E-state index is -0.226. The standard InChI is InChI=1S/C9H12FN/c1-6-3-4-8(7(2)11)9(10)5-6/h3-5,7H,11H2,1-2H3/t7-/m1/s1. The minimum absolute atomic E-state index is 0.208. The first-order valence-corrected chi connectivity index (χ1v) is 3.63. The average molecular weight is 153 g/mol.